The van der Waals surface area contributed by atoms with Gasteiger partial charge in [0, 0.05) is 26.7 Å². The van der Waals surface area contributed by atoms with Crippen molar-refractivity contribution in [3.63, 3.8) is 0 Å². The zero-order valence-corrected chi connectivity index (χ0v) is 15.3. The quantitative estimate of drug-likeness (QED) is 0.820. The van der Waals surface area contributed by atoms with Gasteiger partial charge >= 0.3 is 0 Å². The molecule has 5 heteroatoms. The van der Waals surface area contributed by atoms with Gasteiger partial charge in [-0.15, -0.1) is 0 Å². The highest BCUT2D eigenvalue weighted by Gasteiger charge is 2.21. The molecule has 0 aromatic carbocycles. The smallest absolute Gasteiger partial charge is 0.269 e. The van der Waals surface area contributed by atoms with E-state index in [1.807, 2.05) is 13.1 Å². The summed E-state index contributed by atoms with van der Waals surface area (Å²) >= 11 is 0. The first-order valence-corrected chi connectivity index (χ1v) is 8.91. The van der Waals surface area contributed by atoms with Crippen LogP contribution in [-0.2, 0) is 7.05 Å². The topological polar surface area (TPSA) is 50.2 Å². The number of hydrogen-bond donors (Lipinski definition) is 1. The van der Waals surface area contributed by atoms with Gasteiger partial charge in [-0.2, -0.15) is 5.10 Å². The lowest BCUT2D eigenvalue weighted by atomic mass is 9.92. The Balaban J connectivity index is 1.75. The number of likely N-dealkylation sites (tertiary alicyclic amines) is 1. The van der Waals surface area contributed by atoms with Crippen LogP contribution in [-0.4, -0.2) is 46.8 Å². The minimum Gasteiger partial charge on any atom is -0.351 e. The maximum Gasteiger partial charge on any atom is 0.269 e. The molecule has 2 atom stereocenters. The second-order valence-corrected chi connectivity index (χ2v) is 7.55. The van der Waals surface area contributed by atoms with Gasteiger partial charge < -0.3 is 10.2 Å². The standard InChI is InChI=1S/C18H32N4O/c1-13(2)16-10-17(21(5)20-16)18(23)19-7-6-8-22-11-14(3)9-15(4)12-22/h10,13-15H,6-9,11-12H2,1-5H3,(H,19,23)/t14-,15-/m0/s1. The van der Waals surface area contributed by atoms with Crippen LogP contribution in [0.5, 0.6) is 0 Å². The fraction of sp³-hybridized carbons (Fsp3) is 0.778. The van der Waals surface area contributed by atoms with E-state index in [0.717, 1.165) is 37.0 Å². The molecule has 1 aliphatic rings. The Labute approximate surface area is 140 Å². The van der Waals surface area contributed by atoms with Crippen LogP contribution in [0, 0.1) is 11.8 Å². The van der Waals surface area contributed by atoms with E-state index in [1.165, 1.54) is 19.5 Å². The van der Waals surface area contributed by atoms with Gasteiger partial charge in [0.25, 0.3) is 5.91 Å². The minimum atomic E-state index is -0.0210. The molecule has 0 aliphatic carbocycles. The van der Waals surface area contributed by atoms with Crippen molar-refractivity contribution in [1.82, 2.24) is 20.0 Å². The van der Waals surface area contributed by atoms with Gasteiger partial charge in [-0.25, -0.2) is 0 Å². The first-order valence-electron chi connectivity index (χ1n) is 8.91. The van der Waals surface area contributed by atoms with E-state index in [1.54, 1.807) is 4.68 Å². The number of rotatable bonds is 6. The molecule has 1 saturated heterocycles. The molecule has 0 spiro atoms. The van der Waals surface area contributed by atoms with Crippen LogP contribution in [0.3, 0.4) is 0 Å². The number of aryl methyl sites for hydroxylation is 1. The summed E-state index contributed by atoms with van der Waals surface area (Å²) in [5, 5.41) is 7.42. The molecule has 1 aromatic rings. The molecule has 0 radical (unpaired) electrons. The number of hydrogen-bond acceptors (Lipinski definition) is 3. The molecule has 1 aliphatic heterocycles. The van der Waals surface area contributed by atoms with E-state index in [2.05, 4.69) is 43.0 Å². The van der Waals surface area contributed by atoms with Crippen molar-refractivity contribution in [2.24, 2.45) is 18.9 Å². The average molecular weight is 320 g/mol. The lowest BCUT2D eigenvalue weighted by Crippen LogP contribution is -2.40. The second-order valence-electron chi connectivity index (χ2n) is 7.55. The molecule has 1 amide bonds. The highest BCUT2D eigenvalue weighted by atomic mass is 16.2. The van der Waals surface area contributed by atoms with Crippen LogP contribution in [0.1, 0.15) is 62.6 Å². The summed E-state index contributed by atoms with van der Waals surface area (Å²) in [6, 6.07) is 1.90. The van der Waals surface area contributed by atoms with Gasteiger partial charge in [-0.1, -0.05) is 27.7 Å². The molecule has 1 N–H and O–H groups in total. The average Bonchev–Trinajstić information content (AvgIpc) is 2.85. The number of carbonyl (C=O) groups is 1. The lowest BCUT2D eigenvalue weighted by Gasteiger charge is -2.34. The van der Waals surface area contributed by atoms with Crippen molar-refractivity contribution in [2.45, 2.75) is 46.5 Å². The normalized spacial score (nSPS) is 22.5. The monoisotopic (exact) mass is 320 g/mol. The fourth-order valence-corrected chi connectivity index (χ4v) is 3.55. The third kappa shape index (κ3) is 5.06. The van der Waals surface area contributed by atoms with Gasteiger partial charge in [0.1, 0.15) is 5.69 Å². The number of aromatic nitrogens is 2. The summed E-state index contributed by atoms with van der Waals surface area (Å²) in [6.45, 7) is 13.0. The van der Waals surface area contributed by atoms with Gasteiger partial charge in [0.05, 0.1) is 5.69 Å². The highest BCUT2D eigenvalue weighted by Crippen LogP contribution is 2.20. The summed E-state index contributed by atoms with van der Waals surface area (Å²) in [6.07, 6.45) is 2.34. The number of piperidine rings is 1. The summed E-state index contributed by atoms with van der Waals surface area (Å²) in [5.41, 5.74) is 1.61. The fourth-order valence-electron chi connectivity index (χ4n) is 3.55. The summed E-state index contributed by atoms with van der Waals surface area (Å²) in [4.78, 5) is 14.8. The first kappa shape index (κ1) is 18.0. The van der Waals surface area contributed by atoms with Gasteiger partial charge in [-0.05, 0) is 43.2 Å². The molecule has 0 saturated carbocycles. The third-order valence-corrected chi connectivity index (χ3v) is 4.60. The Morgan fingerprint density at radius 2 is 2.00 bits per heavy atom. The van der Waals surface area contributed by atoms with Gasteiger partial charge in [-0.3, -0.25) is 9.48 Å². The molecule has 0 bridgehead atoms. The van der Waals surface area contributed by atoms with Gasteiger partial charge in [0.2, 0.25) is 0 Å². The molecule has 2 heterocycles. The molecule has 23 heavy (non-hydrogen) atoms. The molecular weight excluding hydrogens is 288 g/mol. The largest absolute Gasteiger partial charge is 0.351 e. The minimum absolute atomic E-state index is 0.0210. The Hall–Kier alpha value is -1.36. The zero-order chi connectivity index (χ0) is 17.0. The van der Waals surface area contributed by atoms with Gasteiger partial charge in [0.15, 0.2) is 0 Å². The number of carbonyl (C=O) groups excluding carboxylic acids is 1. The molecule has 130 valence electrons. The molecule has 1 fully saturated rings. The maximum absolute atomic E-state index is 12.3. The Kier molecular flexibility index (Phi) is 6.22. The van der Waals surface area contributed by atoms with Crippen molar-refractivity contribution in [3.05, 3.63) is 17.5 Å². The van der Waals surface area contributed by atoms with Crippen molar-refractivity contribution in [3.8, 4) is 0 Å². The Bertz CT molecular complexity index is 513. The molecule has 0 unspecified atom stereocenters. The van der Waals surface area contributed by atoms with E-state index < -0.39 is 0 Å². The van der Waals surface area contributed by atoms with Crippen LogP contribution in [0.2, 0.25) is 0 Å². The predicted molar refractivity (Wildman–Crippen MR) is 93.6 cm³/mol. The van der Waals surface area contributed by atoms with Crippen LogP contribution in [0.4, 0.5) is 0 Å². The van der Waals surface area contributed by atoms with E-state index in [4.69, 9.17) is 0 Å². The van der Waals surface area contributed by atoms with Crippen LogP contribution in [0.25, 0.3) is 0 Å². The van der Waals surface area contributed by atoms with Crippen LogP contribution >= 0.6 is 0 Å². The van der Waals surface area contributed by atoms with E-state index in [0.29, 0.717) is 11.6 Å². The Morgan fingerprint density at radius 3 is 2.57 bits per heavy atom. The molecule has 1 aromatic heterocycles. The van der Waals surface area contributed by atoms with E-state index in [9.17, 15) is 4.79 Å². The van der Waals surface area contributed by atoms with Crippen molar-refractivity contribution >= 4 is 5.91 Å². The van der Waals surface area contributed by atoms with E-state index >= 15 is 0 Å². The van der Waals surface area contributed by atoms with Crippen LogP contribution < -0.4 is 5.32 Å². The molecular formula is C18H32N4O. The SMILES string of the molecule is CC(C)c1cc(C(=O)NCCCN2C[C@@H](C)C[C@H](C)C2)n(C)n1. The number of amides is 1. The third-order valence-electron chi connectivity index (χ3n) is 4.60. The highest BCUT2D eigenvalue weighted by molar-refractivity contribution is 5.92. The number of nitrogens with zero attached hydrogens (tertiary/aromatic N) is 3. The van der Waals surface area contributed by atoms with Crippen LogP contribution in [0.15, 0.2) is 6.07 Å². The summed E-state index contributed by atoms with van der Waals surface area (Å²) < 4.78 is 1.68. The van der Waals surface area contributed by atoms with E-state index in [-0.39, 0.29) is 5.91 Å². The Morgan fingerprint density at radius 1 is 1.35 bits per heavy atom. The van der Waals surface area contributed by atoms with Crippen molar-refractivity contribution < 1.29 is 4.79 Å². The lowest BCUT2D eigenvalue weighted by molar-refractivity contribution is 0.0938. The molecule has 2 rings (SSSR count). The van der Waals surface area contributed by atoms with Crippen molar-refractivity contribution in [2.75, 3.05) is 26.2 Å². The van der Waals surface area contributed by atoms with Crippen molar-refractivity contribution in [1.29, 1.82) is 0 Å². The zero-order valence-electron chi connectivity index (χ0n) is 15.3. The molecule has 5 nitrogen and oxygen atoms in total. The summed E-state index contributed by atoms with van der Waals surface area (Å²) in [5.74, 6) is 1.90. The predicted octanol–water partition coefficient (Wildman–Crippen LogP) is 2.64. The number of nitrogens with one attached hydrogen (secondary N) is 1. The maximum atomic E-state index is 12.3. The second kappa shape index (κ2) is 7.95. The first-order chi connectivity index (χ1) is 10.9. The summed E-state index contributed by atoms with van der Waals surface area (Å²) in [7, 11) is 1.83.